The molecule has 0 saturated carbocycles. The highest BCUT2D eigenvalue weighted by molar-refractivity contribution is 6.35. The van der Waals surface area contributed by atoms with Crippen LogP contribution in [0.15, 0.2) is 53.8 Å². The zero-order valence-corrected chi connectivity index (χ0v) is 21.4. The van der Waals surface area contributed by atoms with E-state index in [2.05, 4.69) is 6.92 Å². The lowest BCUT2D eigenvalue weighted by Gasteiger charge is -2.16. The van der Waals surface area contributed by atoms with Crippen LogP contribution in [0.5, 0.6) is 5.75 Å². The predicted molar refractivity (Wildman–Crippen MR) is 137 cm³/mol. The van der Waals surface area contributed by atoms with Crippen molar-refractivity contribution in [3.05, 3.63) is 75.0 Å². The van der Waals surface area contributed by atoms with Crippen molar-refractivity contribution in [3.63, 3.8) is 0 Å². The second-order valence-corrected chi connectivity index (χ2v) is 9.34. The lowest BCUT2D eigenvalue weighted by molar-refractivity contribution is -0.133. The first kappa shape index (κ1) is 26.9. The number of halogens is 2. The second-order valence-electron chi connectivity index (χ2n) is 8.53. The van der Waals surface area contributed by atoms with Crippen LogP contribution in [0, 0.1) is 0 Å². The van der Waals surface area contributed by atoms with Gasteiger partial charge in [0.05, 0.1) is 6.54 Å². The van der Waals surface area contributed by atoms with E-state index in [1.807, 2.05) is 0 Å². The molecule has 1 aliphatic heterocycles. The molecular formula is C27H31Cl2NO5. The number of hydrogen-bond acceptors (Lipinski definition) is 4. The number of carbonyl (C=O) groups is 2. The second kappa shape index (κ2) is 13.4. The van der Waals surface area contributed by atoms with Crippen molar-refractivity contribution in [1.82, 2.24) is 4.90 Å². The number of rotatable bonds is 14. The van der Waals surface area contributed by atoms with E-state index in [-0.39, 0.29) is 37.0 Å². The van der Waals surface area contributed by atoms with E-state index < -0.39 is 5.97 Å². The minimum atomic E-state index is -1.12. The van der Waals surface area contributed by atoms with Gasteiger partial charge < -0.3 is 19.5 Å². The van der Waals surface area contributed by atoms with Gasteiger partial charge in [0.25, 0.3) is 5.91 Å². The van der Waals surface area contributed by atoms with Crippen LogP contribution in [0.3, 0.4) is 0 Å². The van der Waals surface area contributed by atoms with Crippen molar-refractivity contribution >= 4 is 35.1 Å². The van der Waals surface area contributed by atoms with Crippen molar-refractivity contribution in [1.29, 1.82) is 0 Å². The molecule has 0 spiro atoms. The summed E-state index contributed by atoms with van der Waals surface area (Å²) < 4.78 is 11.5. The van der Waals surface area contributed by atoms with Gasteiger partial charge in [-0.25, -0.2) is 4.79 Å². The van der Waals surface area contributed by atoms with Crippen LogP contribution in [-0.2, 0) is 27.5 Å². The SMILES string of the molecule is CCCCCCCCN1CC(C(=O)O)=C(OCc2ccc(OCc3c(Cl)cccc3Cl)cc2)C1=O. The van der Waals surface area contributed by atoms with E-state index >= 15 is 0 Å². The molecule has 1 aliphatic rings. The Morgan fingerprint density at radius 2 is 1.60 bits per heavy atom. The summed E-state index contributed by atoms with van der Waals surface area (Å²) in [6, 6.07) is 12.4. The third-order valence-electron chi connectivity index (χ3n) is 5.90. The van der Waals surface area contributed by atoms with Crippen molar-refractivity contribution in [2.24, 2.45) is 0 Å². The molecule has 0 radical (unpaired) electrons. The summed E-state index contributed by atoms with van der Waals surface area (Å²) in [4.78, 5) is 26.0. The van der Waals surface area contributed by atoms with Gasteiger partial charge >= 0.3 is 5.97 Å². The van der Waals surface area contributed by atoms with Crippen LogP contribution in [0.1, 0.15) is 56.6 Å². The Morgan fingerprint density at radius 3 is 2.26 bits per heavy atom. The third-order valence-corrected chi connectivity index (χ3v) is 6.60. The highest BCUT2D eigenvalue weighted by atomic mass is 35.5. The van der Waals surface area contributed by atoms with Gasteiger partial charge in [-0.1, -0.05) is 80.4 Å². The maximum absolute atomic E-state index is 12.8. The molecule has 8 heteroatoms. The molecule has 6 nitrogen and oxygen atoms in total. The van der Waals surface area contributed by atoms with Gasteiger partial charge in [-0.2, -0.15) is 0 Å². The number of ether oxygens (including phenoxy) is 2. The van der Waals surface area contributed by atoms with E-state index in [1.54, 1.807) is 47.4 Å². The van der Waals surface area contributed by atoms with E-state index in [0.29, 0.717) is 27.9 Å². The molecule has 188 valence electrons. The zero-order chi connectivity index (χ0) is 25.2. The summed E-state index contributed by atoms with van der Waals surface area (Å²) in [5.41, 5.74) is 1.51. The van der Waals surface area contributed by atoms with E-state index in [1.165, 1.54) is 19.3 Å². The standard InChI is InChI=1S/C27H31Cl2NO5/c1-2-3-4-5-6-7-15-30-16-21(27(32)33)25(26(30)31)35-17-19-11-13-20(14-12-19)34-18-22-23(28)9-8-10-24(22)29/h8-14H,2-7,15-18H2,1H3,(H,32,33). The summed E-state index contributed by atoms with van der Waals surface area (Å²) in [5.74, 6) is -0.928. The first-order valence-electron chi connectivity index (χ1n) is 11.9. The van der Waals surface area contributed by atoms with Crippen LogP contribution >= 0.6 is 23.2 Å². The maximum Gasteiger partial charge on any atom is 0.337 e. The van der Waals surface area contributed by atoms with Crippen LogP contribution in [0.25, 0.3) is 0 Å². The van der Waals surface area contributed by atoms with Gasteiger partial charge in [0, 0.05) is 22.2 Å². The van der Waals surface area contributed by atoms with E-state index in [9.17, 15) is 14.7 Å². The van der Waals surface area contributed by atoms with Gasteiger partial charge in [0.15, 0.2) is 5.76 Å². The van der Waals surface area contributed by atoms with Gasteiger partial charge in [0.2, 0.25) is 0 Å². The summed E-state index contributed by atoms with van der Waals surface area (Å²) in [7, 11) is 0. The lowest BCUT2D eigenvalue weighted by Crippen LogP contribution is -2.29. The summed E-state index contributed by atoms with van der Waals surface area (Å²) in [6.45, 7) is 3.10. The van der Waals surface area contributed by atoms with Gasteiger partial charge in [-0.05, 0) is 36.2 Å². The maximum atomic E-state index is 12.8. The number of hydrogen-bond donors (Lipinski definition) is 1. The number of amides is 1. The van der Waals surface area contributed by atoms with Gasteiger partial charge in [-0.15, -0.1) is 0 Å². The van der Waals surface area contributed by atoms with Crippen LogP contribution in [0.4, 0.5) is 0 Å². The summed E-state index contributed by atoms with van der Waals surface area (Å²) >= 11 is 12.4. The molecule has 0 atom stereocenters. The fourth-order valence-corrected chi connectivity index (χ4v) is 4.35. The molecule has 0 saturated heterocycles. The fourth-order valence-electron chi connectivity index (χ4n) is 3.85. The third kappa shape index (κ3) is 7.64. The highest BCUT2D eigenvalue weighted by Crippen LogP contribution is 2.27. The van der Waals surface area contributed by atoms with Crippen molar-refractivity contribution in [2.75, 3.05) is 13.1 Å². The molecular weight excluding hydrogens is 489 g/mol. The molecule has 1 amide bonds. The van der Waals surface area contributed by atoms with E-state index in [4.69, 9.17) is 32.7 Å². The smallest absolute Gasteiger partial charge is 0.337 e. The summed E-state index contributed by atoms with van der Waals surface area (Å²) in [6.07, 6.45) is 6.60. The monoisotopic (exact) mass is 519 g/mol. The molecule has 0 aromatic heterocycles. The number of nitrogens with zero attached hydrogens (tertiary/aromatic N) is 1. The van der Waals surface area contributed by atoms with Crippen molar-refractivity contribution < 1.29 is 24.2 Å². The van der Waals surface area contributed by atoms with Gasteiger partial charge in [-0.3, -0.25) is 4.79 Å². The molecule has 0 bridgehead atoms. The number of carbonyl (C=O) groups excluding carboxylic acids is 1. The largest absolute Gasteiger partial charge is 0.489 e. The fraction of sp³-hybridized carbons (Fsp3) is 0.407. The first-order chi connectivity index (χ1) is 16.9. The molecule has 1 N–H and O–H groups in total. The molecule has 0 aliphatic carbocycles. The number of carboxylic acids is 1. The topological polar surface area (TPSA) is 76.1 Å². The first-order valence-corrected chi connectivity index (χ1v) is 12.7. The lowest BCUT2D eigenvalue weighted by atomic mass is 10.1. The number of carboxylic acid groups (broad SMARTS) is 1. The van der Waals surface area contributed by atoms with Crippen LogP contribution in [-0.4, -0.2) is 35.0 Å². The molecule has 35 heavy (non-hydrogen) atoms. The van der Waals surface area contributed by atoms with E-state index in [0.717, 1.165) is 24.8 Å². The molecule has 2 aromatic rings. The minimum absolute atomic E-state index is 0.0116. The number of aliphatic carboxylic acids is 1. The predicted octanol–water partition coefficient (Wildman–Crippen LogP) is 6.63. The molecule has 3 rings (SSSR count). The number of benzene rings is 2. The average molecular weight is 520 g/mol. The molecule has 0 unspecified atom stereocenters. The molecule has 1 heterocycles. The average Bonchev–Trinajstić information content (AvgIpc) is 3.16. The Morgan fingerprint density at radius 1 is 0.943 bits per heavy atom. The normalized spacial score (nSPS) is 13.5. The Kier molecular flexibility index (Phi) is 10.3. The van der Waals surface area contributed by atoms with Crippen LogP contribution < -0.4 is 4.74 Å². The quantitative estimate of drug-likeness (QED) is 0.283. The minimum Gasteiger partial charge on any atom is -0.489 e. The molecule has 0 fully saturated rings. The van der Waals surface area contributed by atoms with Crippen molar-refractivity contribution in [3.8, 4) is 5.75 Å². The number of unbranched alkanes of at least 4 members (excludes halogenated alkanes) is 5. The molecule has 2 aromatic carbocycles. The Balaban J connectivity index is 1.52. The zero-order valence-electron chi connectivity index (χ0n) is 19.9. The Bertz CT molecular complexity index is 1030. The van der Waals surface area contributed by atoms with Gasteiger partial charge in [0.1, 0.15) is 24.5 Å². The Hall–Kier alpha value is -2.70. The van der Waals surface area contributed by atoms with Crippen LogP contribution in [0.2, 0.25) is 10.0 Å². The van der Waals surface area contributed by atoms with Crippen molar-refractivity contribution in [2.45, 2.75) is 58.7 Å². The summed E-state index contributed by atoms with van der Waals surface area (Å²) in [5, 5.41) is 10.6. The highest BCUT2D eigenvalue weighted by Gasteiger charge is 2.35. The Labute approximate surface area is 216 Å².